The number of ether oxygens (including phenoxy) is 2. The first-order valence-electron chi connectivity index (χ1n) is 13.0. The molecule has 182 valence electrons. The van der Waals surface area contributed by atoms with Crippen LogP contribution in [0, 0.1) is 0 Å². The third-order valence-electron chi connectivity index (χ3n) is 5.73. The fraction of sp³-hybridized carbons (Fsp3) is 0.962. The first kappa shape index (κ1) is 31.6. The van der Waals surface area contributed by atoms with Gasteiger partial charge in [0, 0.05) is 6.42 Å². The van der Waals surface area contributed by atoms with Gasteiger partial charge in [-0.25, -0.2) is 0 Å². The van der Waals surface area contributed by atoms with Crippen molar-refractivity contribution in [2.75, 3.05) is 0 Å². The number of carbonyl (C=O) groups excluding carboxylic acids is 1. The van der Waals surface area contributed by atoms with Gasteiger partial charge in [-0.2, -0.15) is 0 Å². The highest BCUT2D eigenvalue weighted by Crippen LogP contribution is 2.19. The summed E-state index contributed by atoms with van der Waals surface area (Å²) in [5.41, 5.74) is 0. The van der Waals surface area contributed by atoms with E-state index in [9.17, 15) is 4.79 Å². The predicted octanol–water partition coefficient (Wildman–Crippen LogP) is 8.89. The van der Waals surface area contributed by atoms with Crippen LogP contribution in [0.1, 0.15) is 150 Å². The Balaban J connectivity index is 0. The van der Waals surface area contributed by atoms with Crippen molar-refractivity contribution in [1.82, 2.24) is 6.15 Å². The zero-order valence-corrected chi connectivity index (χ0v) is 21.0. The molecule has 0 aromatic heterocycles. The molecule has 0 saturated carbocycles. The second-order valence-electron chi connectivity index (χ2n) is 8.70. The maximum absolute atomic E-state index is 11.5. The Morgan fingerprint density at radius 2 is 1.00 bits per heavy atom. The maximum Gasteiger partial charge on any atom is 0.307 e. The van der Waals surface area contributed by atoms with Gasteiger partial charge in [0.05, 0.1) is 6.10 Å². The Morgan fingerprint density at radius 3 is 1.37 bits per heavy atom. The highest BCUT2D eigenvalue weighted by molar-refractivity contribution is 5.68. The number of carbonyl (C=O) groups is 1. The minimum Gasteiger partial charge on any atom is -0.436 e. The van der Waals surface area contributed by atoms with Crippen LogP contribution in [-0.2, 0) is 14.3 Å². The normalized spacial score (nSPS) is 12.0. The molecule has 0 radical (unpaired) electrons. The van der Waals surface area contributed by atoms with E-state index in [4.69, 9.17) is 9.47 Å². The summed E-state index contributed by atoms with van der Waals surface area (Å²) in [6.07, 6.45) is 23.8. The van der Waals surface area contributed by atoms with E-state index in [0.717, 1.165) is 12.8 Å². The van der Waals surface area contributed by atoms with E-state index >= 15 is 0 Å². The van der Waals surface area contributed by atoms with Crippen LogP contribution in [0.4, 0.5) is 0 Å². The van der Waals surface area contributed by atoms with E-state index in [-0.39, 0.29) is 18.2 Å². The molecule has 4 nitrogen and oxygen atoms in total. The molecule has 4 heteroatoms. The Bertz CT molecular complexity index is 329. The number of hydrogen-bond donors (Lipinski definition) is 1. The van der Waals surface area contributed by atoms with Gasteiger partial charge in [-0.3, -0.25) is 4.79 Å². The Morgan fingerprint density at radius 1 is 0.633 bits per heavy atom. The summed E-state index contributed by atoms with van der Waals surface area (Å²) in [6.45, 7) is 8.23. The summed E-state index contributed by atoms with van der Waals surface area (Å²) in [7, 11) is 0. The molecule has 0 rings (SSSR count). The molecule has 3 N–H and O–H groups in total. The third-order valence-corrected chi connectivity index (χ3v) is 5.73. The summed E-state index contributed by atoms with van der Waals surface area (Å²) in [5.74, 6) is -0.171. The van der Waals surface area contributed by atoms with Crippen LogP contribution in [0.5, 0.6) is 0 Å². The number of unbranched alkanes of at least 4 members (excludes halogenated alkanes) is 14. The molecule has 0 aromatic carbocycles. The van der Waals surface area contributed by atoms with Crippen LogP contribution in [0.2, 0.25) is 0 Å². The fourth-order valence-corrected chi connectivity index (χ4v) is 3.86. The quantitative estimate of drug-likeness (QED) is 0.106. The molecule has 30 heavy (non-hydrogen) atoms. The molecule has 0 aromatic rings. The molecule has 0 aliphatic heterocycles. The summed E-state index contributed by atoms with van der Waals surface area (Å²) in [6, 6.07) is 0. The number of esters is 1. The van der Waals surface area contributed by atoms with Gasteiger partial charge in [0.2, 0.25) is 0 Å². The van der Waals surface area contributed by atoms with Crippen molar-refractivity contribution in [1.29, 1.82) is 0 Å². The first-order chi connectivity index (χ1) is 14.1. The second-order valence-corrected chi connectivity index (χ2v) is 8.70. The van der Waals surface area contributed by atoms with Gasteiger partial charge < -0.3 is 15.6 Å². The van der Waals surface area contributed by atoms with Gasteiger partial charge >= 0.3 is 5.97 Å². The number of hydrogen-bond acceptors (Lipinski definition) is 4. The molecular weight excluding hydrogens is 374 g/mol. The van der Waals surface area contributed by atoms with E-state index in [1.54, 1.807) is 0 Å². The summed E-state index contributed by atoms with van der Waals surface area (Å²) >= 11 is 0. The second kappa shape index (κ2) is 24.7. The fourth-order valence-electron chi connectivity index (χ4n) is 3.86. The SMILES string of the molecule is CCCCCCCCCCC(CCCCCCCCCC)OC(C)OC(=O)CC.N. The van der Waals surface area contributed by atoms with Crippen LogP contribution in [-0.4, -0.2) is 18.4 Å². The van der Waals surface area contributed by atoms with Crippen LogP contribution in [0.3, 0.4) is 0 Å². The first-order valence-corrected chi connectivity index (χ1v) is 13.0. The maximum atomic E-state index is 11.5. The Labute approximate surface area is 188 Å². The van der Waals surface area contributed by atoms with Gasteiger partial charge in [-0.15, -0.1) is 0 Å². The zero-order valence-electron chi connectivity index (χ0n) is 21.0. The Kier molecular flexibility index (Phi) is 26.0. The standard InChI is InChI=1S/C26H52O3.H3N/c1-5-8-10-12-14-16-18-20-22-25(28-24(4)29-26(27)7-3)23-21-19-17-15-13-11-9-6-2;/h24-25H,5-23H2,1-4H3;1H3. The minimum atomic E-state index is -0.421. The molecule has 0 saturated heterocycles. The molecule has 1 atom stereocenters. The highest BCUT2D eigenvalue weighted by atomic mass is 16.7. The van der Waals surface area contributed by atoms with Gasteiger partial charge in [-0.1, -0.05) is 124 Å². The molecule has 0 aliphatic rings. The van der Waals surface area contributed by atoms with Crippen LogP contribution < -0.4 is 6.15 Å². The zero-order chi connectivity index (χ0) is 21.6. The average Bonchev–Trinajstić information content (AvgIpc) is 2.71. The summed E-state index contributed by atoms with van der Waals surface area (Å²) in [4.78, 5) is 11.5. The van der Waals surface area contributed by atoms with Gasteiger partial charge in [-0.05, 0) is 19.8 Å². The van der Waals surface area contributed by atoms with E-state index in [1.807, 2.05) is 13.8 Å². The van der Waals surface area contributed by atoms with Crippen LogP contribution in [0.25, 0.3) is 0 Å². The molecule has 0 fully saturated rings. The smallest absolute Gasteiger partial charge is 0.307 e. The van der Waals surface area contributed by atoms with Gasteiger partial charge in [0.1, 0.15) is 0 Å². The van der Waals surface area contributed by atoms with E-state index in [0.29, 0.717) is 6.42 Å². The van der Waals surface area contributed by atoms with Crippen molar-refractivity contribution in [2.45, 2.75) is 162 Å². The van der Waals surface area contributed by atoms with Crippen molar-refractivity contribution in [3.63, 3.8) is 0 Å². The lowest BCUT2D eigenvalue weighted by Gasteiger charge is -2.22. The molecule has 0 aliphatic carbocycles. The third kappa shape index (κ3) is 22.1. The van der Waals surface area contributed by atoms with Crippen molar-refractivity contribution in [3.8, 4) is 0 Å². The highest BCUT2D eigenvalue weighted by Gasteiger charge is 2.15. The van der Waals surface area contributed by atoms with Crippen molar-refractivity contribution >= 4 is 5.97 Å². The van der Waals surface area contributed by atoms with Crippen molar-refractivity contribution < 1.29 is 14.3 Å². The largest absolute Gasteiger partial charge is 0.436 e. The van der Waals surface area contributed by atoms with E-state index in [2.05, 4.69) is 13.8 Å². The average molecular weight is 430 g/mol. The molecule has 0 bridgehead atoms. The van der Waals surface area contributed by atoms with Crippen molar-refractivity contribution in [2.24, 2.45) is 0 Å². The molecule has 1 unspecified atom stereocenters. The Hall–Kier alpha value is -0.610. The lowest BCUT2D eigenvalue weighted by Crippen LogP contribution is -2.24. The molecule has 0 amide bonds. The lowest BCUT2D eigenvalue weighted by molar-refractivity contribution is -0.185. The molecule has 0 heterocycles. The van der Waals surface area contributed by atoms with Gasteiger partial charge in [0.25, 0.3) is 0 Å². The minimum absolute atomic E-state index is 0. The molecule has 0 spiro atoms. The van der Waals surface area contributed by atoms with Crippen LogP contribution in [0.15, 0.2) is 0 Å². The monoisotopic (exact) mass is 429 g/mol. The summed E-state index contributed by atoms with van der Waals surface area (Å²) in [5, 5.41) is 0. The topological polar surface area (TPSA) is 70.5 Å². The number of rotatable bonds is 22. The van der Waals surface area contributed by atoms with Crippen molar-refractivity contribution in [3.05, 3.63) is 0 Å². The summed E-state index contributed by atoms with van der Waals surface area (Å²) < 4.78 is 11.4. The van der Waals surface area contributed by atoms with E-state index in [1.165, 1.54) is 103 Å². The predicted molar refractivity (Wildman–Crippen MR) is 130 cm³/mol. The van der Waals surface area contributed by atoms with Gasteiger partial charge in [0.15, 0.2) is 6.29 Å². The lowest BCUT2D eigenvalue weighted by atomic mass is 10.0. The molecular formula is C26H55NO3. The van der Waals surface area contributed by atoms with Crippen LogP contribution >= 0.6 is 0 Å². The van der Waals surface area contributed by atoms with E-state index < -0.39 is 6.29 Å².